The van der Waals surface area contributed by atoms with Gasteiger partial charge in [0, 0.05) is 17.3 Å². The number of sulfonamides is 1. The molecule has 0 radical (unpaired) electrons. The fourth-order valence-corrected chi connectivity index (χ4v) is 4.71. The number of carbonyl (C=O) groups excluding carboxylic acids is 1. The number of hydrogen-bond donors (Lipinski definition) is 1. The molecule has 7 heteroatoms. The zero-order chi connectivity index (χ0) is 18.9. The number of nitrogens with zero attached hydrogens (tertiary/aromatic N) is 1. The van der Waals surface area contributed by atoms with Crippen LogP contribution in [-0.4, -0.2) is 26.9 Å². The van der Waals surface area contributed by atoms with Crippen molar-refractivity contribution < 1.29 is 13.2 Å². The topological polar surface area (TPSA) is 66.5 Å². The van der Waals surface area contributed by atoms with E-state index in [0.717, 1.165) is 17.7 Å². The number of amides is 1. The third kappa shape index (κ3) is 3.77. The highest BCUT2D eigenvalue weighted by molar-refractivity contribution is 7.89. The molecule has 3 rings (SSSR count). The number of halogens is 1. The van der Waals surface area contributed by atoms with Crippen LogP contribution in [0.3, 0.4) is 0 Å². The van der Waals surface area contributed by atoms with Gasteiger partial charge in [-0.15, -0.1) is 0 Å². The van der Waals surface area contributed by atoms with Crippen molar-refractivity contribution in [3.05, 3.63) is 59.1 Å². The van der Waals surface area contributed by atoms with Gasteiger partial charge in [0.1, 0.15) is 6.04 Å². The molecule has 0 saturated heterocycles. The highest BCUT2D eigenvalue weighted by atomic mass is 35.5. The highest BCUT2D eigenvalue weighted by Crippen LogP contribution is 2.29. The molecule has 1 amide bonds. The van der Waals surface area contributed by atoms with Crippen LogP contribution in [0, 0.1) is 5.92 Å². The molecule has 0 unspecified atom stereocenters. The van der Waals surface area contributed by atoms with E-state index in [4.69, 9.17) is 11.6 Å². The summed E-state index contributed by atoms with van der Waals surface area (Å²) >= 11 is 5.90. The standard InChI is InChI=1S/C19H21ClN2O3S/c1-13(2)18(21-26(24,25)16-8-5-7-15(20)12-16)19(23)22-11-10-14-6-3-4-9-17(14)22/h3-9,12-13,18,21H,10-11H2,1-2H3/t18-/m0/s1. The van der Waals surface area contributed by atoms with Crippen LogP contribution in [0.2, 0.25) is 5.02 Å². The number of anilines is 1. The van der Waals surface area contributed by atoms with Crippen LogP contribution < -0.4 is 9.62 Å². The van der Waals surface area contributed by atoms with Crippen LogP contribution in [0.5, 0.6) is 0 Å². The van der Waals surface area contributed by atoms with Crippen molar-refractivity contribution >= 4 is 33.2 Å². The molecule has 2 aromatic rings. The Kier molecular flexibility index (Phi) is 5.37. The van der Waals surface area contributed by atoms with Crippen LogP contribution in [-0.2, 0) is 21.2 Å². The fourth-order valence-electron chi connectivity index (χ4n) is 3.08. The quantitative estimate of drug-likeness (QED) is 0.849. The lowest BCUT2D eigenvalue weighted by Gasteiger charge is -2.27. The monoisotopic (exact) mass is 392 g/mol. The molecule has 2 aromatic carbocycles. The predicted octanol–water partition coefficient (Wildman–Crippen LogP) is 3.23. The molecule has 1 aliphatic heterocycles. The molecule has 0 aromatic heterocycles. The molecular formula is C19H21ClN2O3S. The first kappa shape index (κ1) is 18.9. The Labute approximate surface area is 159 Å². The van der Waals surface area contributed by atoms with Crippen molar-refractivity contribution in [2.75, 3.05) is 11.4 Å². The summed E-state index contributed by atoms with van der Waals surface area (Å²) in [5, 5.41) is 0.328. The Morgan fingerprint density at radius 2 is 1.88 bits per heavy atom. The minimum Gasteiger partial charge on any atom is -0.310 e. The van der Waals surface area contributed by atoms with Gasteiger partial charge in [-0.25, -0.2) is 8.42 Å². The van der Waals surface area contributed by atoms with Crippen molar-refractivity contribution in [1.29, 1.82) is 0 Å². The normalized spacial score (nSPS) is 15.2. The number of para-hydroxylation sites is 1. The van der Waals surface area contributed by atoms with Crippen molar-refractivity contribution in [2.45, 2.75) is 31.2 Å². The van der Waals surface area contributed by atoms with Gasteiger partial charge in [0.2, 0.25) is 15.9 Å². The summed E-state index contributed by atoms with van der Waals surface area (Å²) in [5.41, 5.74) is 1.95. The molecule has 26 heavy (non-hydrogen) atoms. The van der Waals surface area contributed by atoms with Crippen molar-refractivity contribution in [3.8, 4) is 0 Å². The van der Waals surface area contributed by atoms with Crippen LogP contribution in [0.15, 0.2) is 53.4 Å². The number of rotatable bonds is 5. The molecule has 138 valence electrons. The van der Waals surface area contributed by atoms with Crippen molar-refractivity contribution in [1.82, 2.24) is 4.72 Å². The molecule has 1 aliphatic rings. The lowest BCUT2D eigenvalue weighted by atomic mass is 10.0. The van der Waals surface area contributed by atoms with Gasteiger partial charge >= 0.3 is 0 Å². The SMILES string of the molecule is CC(C)[C@H](NS(=O)(=O)c1cccc(Cl)c1)C(=O)N1CCc2ccccc21. The maximum absolute atomic E-state index is 13.1. The zero-order valence-electron chi connectivity index (χ0n) is 14.6. The third-order valence-corrected chi connectivity index (χ3v) is 6.15. The van der Waals surface area contributed by atoms with E-state index in [2.05, 4.69) is 4.72 Å². The third-order valence-electron chi connectivity index (χ3n) is 4.47. The minimum atomic E-state index is -3.86. The first-order valence-electron chi connectivity index (χ1n) is 8.47. The van der Waals surface area contributed by atoms with Crippen LogP contribution >= 0.6 is 11.6 Å². The average Bonchev–Trinajstić information content (AvgIpc) is 3.03. The van der Waals surface area contributed by atoms with E-state index in [0.29, 0.717) is 11.6 Å². The van der Waals surface area contributed by atoms with E-state index in [1.54, 1.807) is 17.0 Å². The van der Waals surface area contributed by atoms with Gasteiger partial charge < -0.3 is 4.90 Å². The molecule has 1 atom stereocenters. The second-order valence-corrected chi connectivity index (χ2v) is 8.82. The Morgan fingerprint density at radius 3 is 2.58 bits per heavy atom. The van der Waals surface area contributed by atoms with Crippen LogP contribution in [0.1, 0.15) is 19.4 Å². The Balaban J connectivity index is 1.87. The lowest BCUT2D eigenvalue weighted by molar-refractivity contribution is -0.121. The van der Waals surface area contributed by atoms with E-state index in [-0.39, 0.29) is 16.7 Å². The second kappa shape index (κ2) is 7.39. The lowest BCUT2D eigenvalue weighted by Crippen LogP contribution is -2.51. The zero-order valence-corrected chi connectivity index (χ0v) is 16.2. The molecule has 1 heterocycles. The minimum absolute atomic E-state index is 0.0465. The van der Waals surface area contributed by atoms with E-state index >= 15 is 0 Å². The summed E-state index contributed by atoms with van der Waals surface area (Å²) < 4.78 is 28.0. The molecular weight excluding hydrogens is 372 g/mol. The van der Waals surface area contributed by atoms with Crippen molar-refractivity contribution in [3.63, 3.8) is 0 Å². The van der Waals surface area contributed by atoms with Crippen molar-refractivity contribution in [2.24, 2.45) is 5.92 Å². The highest BCUT2D eigenvalue weighted by Gasteiger charge is 2.34. The molecule has 5 nitrogen and oxygen atoms in total. The number of carbonyl (C=O) groups is 1. The van der Waals surface area contributed by atoms with Crippen LogP contribution in [0.25, 0.3) is 0 Å². The Bertz CT molecular complexity index is 928. The van der Waals surface area contributed by atoms with Crippen LogP contribution in [0.4, 0.5) is 5.69 Å². The molecule has 0 spiro atoms. The number of nitrogens with one attached hydrogen (secondary N) is 1. The molecule has 0 aliphatic carbocycles. The number of fused-ring (bicyclic) bond motifs is 1. The van der Waals surface area contributed by atoms with Gasteiger partial charge in [-0.3, -0.25) is 4.79 Å². The molecule has 0 fully saturated rings. The van der Waals surface area contributed by atoms with Gasteiger partial charge in [0.25, 0.3) is 0 Å². The fraction of sp³-hybridized carbons (Fsp3) is 0.316. The van der Waals surface area contributed by atoms with Gasteiger partial charge in [0.05, 0.1) is 4.90 Å². The van der Waals surface area contributed by atoms with Gasteiger partial charge in [-0.1, -0.05) is 49.7 Å². The van der Waals surface area contributed by atoms with E-state index in [9.17, 15) is 13.2 Å². The first-order chi connectivity index (χ1) is 12.3. The first-order valence-corrected chi connectivity index (χ1v) is 10.3. The summed E-state index contributed by atoms with van der Waals surface area (Å²) in [6.45, 7) is 4.20. The van der Waals surface area contributed by atoms with Gasteiger partial charge in [-0.05, 0) is 42.2 Å². The number of hydrogen-bond acceptors (Lipinski definition) is 3. The van der Waals surface area contributed by atoms with E-state index in [1.807, 2.05) is 38.1 Å². The summed E-state index contributed by atoms with van der Waals surface area (Å²) in [4.78, 5) is 14.8. The summed E-state index contributed by atoms with van der Waals surface area (Å²) in [5.74, 6) is -0.445. The largest absolute Gasteiger partial charge is 0.310 e. The summed E-state index contributed by atoms with van der Waals surface area (Å²) in [6.07, 6.45) is 0.772. The maximum atomic E-state index is 13.1. The maximum Gasteiger partial charge on any atom is 0.245 e. The van der Waals surface area contributed by atoms with Gasteiger partial charge in [0.15, 0.2) is 0 Å². The average molecular weight is 393 g/mol. The Hall–Kier alpha value is -1.89. The smallest absolute Gasteiger partial charge is 0.245 e. The summed E-state index contributed by atoms with van der Waals surface area (Å²) in [6, 6.07) is 12.8. The van der Waals surface area contributed by atoms with E-state index < -0.39 is 16.1 Å². The van der Waals surface area contributed by atoms with E-state index in [1.165, 1.54) is 12.1 Å². The molecule has 0 saturated carbocycles. The van der Waals surface area contributed by atoms with Gasteiger partial charge in [-0.2, -0.15) is 4.72 Å². The second-order valence-electron chi connectivity index (χ2n) is 6.67. The molecule has 1 N–H and O–H groups in total. The summed E-state index contributed by atoms with van der Waals surface area (Å²) in [7, 11) is -3.86. The predicted molar refractivity (Wildman–Crippen MR) is 103 cm³/mol. The Morgan fingerprint density at radius 1 is 1.15 bits per heavy atom. The molecule has 0 bridgehead atoms. The number of benzene rings is 2.